The van der Waals surface area contributed by atoms with Crippen LogP contribution in [0.2, 0.25) is 0 Å². The highest BCUT2D eigenvalue weighted by Crippen LogP contribution is 2.20. The van der Waals surface area contributed by atoms with Gasteiger partial charge in [0.25, 0.3) is 0 Å². The number of rotatable bonds is 6. The zero-order valence-corrected chi connectivity index (χ0v) is 13.1. The number of aromatic nitrogens is 2. The minimum atomic E-state index is -0.156. The second kappa shape index (κ2) is 7.06. The lowest BCUT2D eigenvalue weighted by atomic mass is 10.2. The second-order valence-electron chi connectivity index (χ2n) is 5.64. The SMILES string of the molecule is CC(C)c1ncc(OCCOC(C)(C)C)c(CCl)n1. The van der Waals surface area contributed by atoms with Crippen LogP contribution < -0.4 is 4.74 Å². The van der Waals surface area contributed by atoms with Crippen molar-refractivity contribution in [3.63, 3.8) is 0 Å². The Morgan fingerprint density at radius 3 is 2.47 bits per heavy atom. The molecule has 0 aromatic carbocycles. The molecule has 19 heavy (non-hydrogen) atoms. The molecule has 0 radical (unpaired) electrons. The van der Waals surface area contributed by atoms with Gasteiger partial charge in [0.1, 0.15) is 18.1 Å². The van der Waals surface area contributed by atoms with E-state index in [4.69, 9.17) is 21.1 Å². The molecule has 0 aliphatic heterocycles. The molecule has 4 nitrogen and oxygen atoms in total. The maximum absolute atomic E-state index is 5.89. The van der Waals surface area contributed by atoms with Gasteiger partial charge in [0.2, 0.25) is 0 Å². The lowest BCUT2D eigenvalue weighted by Gasteiger charge is -2.19. The molecule has 0 saturated heterocycles. The van der Waals surface area contributed by atoms with Gasteiger partial charge in [-0.3, -0.25) is 0 Å². The van der Waals surface area contributed by atoms with Crippen molar-refractivity contribution in [3.05, 3.63) is 17.7 Å². The molecule has 0 unspecified atom stereocenters. The fraction of sp³-hybridized carbons (Fsp3) is 0.714. The Morgan fingerprint density at radius 2 is 1.95 bits per heavy atom. The van der Waals surface area contributed by atoms with E-state index >= 15 is 0 Å². The summed E-state index contributed by atoms with van der Waals surface area (Å²) in [4.78, 5) is 8.69. The Balaban J connectivity index is 2.58. The monoisotopic (exact) mass is 286 g/mol. The molecule has 1 aromatic rings. The lowest BCUT2D eigenvalue weighted by molar-refractivity contribution is -0.0164. The van der Waals surface area contributed by atoms with E-state index in [2.05, 4.69) is 9.97 Å². The summed E-state index contributed by atoms with van der Waals surface area (Å²) in [6.07, 6.45) is 1.69. The minimum Gasteiger partial charge on any atom is -0.488 e. The van der Waals surface area contributed by atoms with Crippen LogP contribution in [0.1, 0.15) is 52.1 Å². The molecule has 0 atom stereocenters. The normalized spacial score (nSPS) is 11.9. The zero-order chi connectivity index (χ0) is 14.5. The third kappa shape index (κ3) is 5.74. The van der Waals surface area contributed by atoms with Crippen molar-refractivity contribution in [3.8, 4) is 5.75 Å². The molecule has 1 aromatic heterocycles. The Morgan fingerprint density at radius 1 is 1.26 bits per heavy atom. The van der Waals surface area contributed by atoms with Crippen LogP contribution in [-0.4, -0.2) is 28.8 Å². The third-order valence-corrected chi connectivity index (χ3v) is 2.62. The van der Waals surface area contributed by atoms with Gasteiger partial charge >= 0.3 is 0 Å². The van der Waals surface area contributed by atoms with Crippen LogP contribution in [0.25, 0.3) is 0 Å². The van der Waals surface area contributed by atoms with E-state index in [1.54, 1.807) is 6.20 Å². The van der Waals surface area contributed by atoms with E-state index in [0.29, 0.717) is 24.8 Å². The fourth-order valence-electron chi connectivity index (χ4n) is 1.42. The number of nitrogens with zero attached hydrogens (tertiary/aromatic N) is 2. The second-order valence-corrected chi connectivity index (χ2v) is 5.90. The van der Waals surface area contributed by atoms with Gasteiger partial charge in [0.15, 0.2) is 5.75 Å². The van der Waals surface area contributed by atoms with Gasteiger partial charge in [-0.25, -0.2) is 9.97 Å². The first-order chi connectivity index (χ1) is 8.83. The highest BCUT2D eigenvalue weighted by atomic mass is 35.5. The lowest BCUT2D eigenvalue weighted by Crippen LogP contribution is -2.22. The van der Waals surface area contributed by atoms with Gasteiger partial charge in [-0.15, -0.1) is 11.6 Å². The summed E-state index contributed by atoms with van der Waals surface area (Å²) in [5, 5.41) is 0. The highest BCUT2D eigenvalue weighted by molar-refractivity contribution is 6.17. The summed E-state index contributed by atoms with van der Waals surface area (Å²) in [6, 6.07) is 0. The minimum absolute atomic E-state index is 0.156. The van der Waals surface area contributed by atoms with E-state index in [1.165, 1.54) is 0 Å². The Labute approximate surface area is 120 Å². The van der Waals surface area contributed by atoms with Crippen LogP contribution in [0, 0.1) is 0 Å². The average Bonchev–Trinajstić information content (AvgIpc) is 2.33. The van der Waals surface area contributed by atoms with Gasteiger partial charge in [-0.05, 0) is 20.8 Å². The molecule has 1 heterocycles. The first-order valence-corrected chi connectivity index (χ1v) is 7.05. The van der Waals surface area contributed by atoms with E-state index < -0.39 is 0 Å². The van der Waals surface area contributed by atoms with Crippen molar-refractivity contribution >= 4 is 11.6 Å². The molecule has 0 spiro atoms. The molecule has 5 heteroatoms. The van der Waals surface area contributed by atoms with Gasteiger partial charge in [-0.2, -0.15) is 0 Å². The smallest absolute Gasteiger partial charge is 0.160 e. The molecule has 0 saturated carbocycles. The van der Waals surface area contributed by atoms with Crippen LogP contribution in [0.5, 0.6) is 5.75 Å². The van der Waals surface area contributed by atoms with E-state index in [-0.39, 0.29) is 11.5 Å². The number of ether oxygens (including phenoxy) is 2. The molecule has 0 aliphatic rings. The molecular weight excluding hydrogens is 264 g/mol. The molecule has 0 amide bonds. The summed E-state index contributed by atoms with van der Waals surface area (Å²) < 4.78 is 11.2. The number of alkyl halides is 1. The topological polar surface area (TPSA) is 44.2 Å². The van der Waals surface area contributed by atoms with Crippen molar-refractivity contribution in [2.24, 2.45) is 0 Å². The zero-order valence-electron chi connectivity index (χ0n) is 12.4. The van der Waals surface area contributed by atoms with Crippen molar-refractivity contribution in [2.45, 2.75) is 52.0 Å². The van der Waals surface area contributed by atoms with E-state index in [9.17, 15) is 0 Å². The molecule has 0 bridgehead atoms. The first-order valence-electron chi connectivity index (χ1n) is 6.52. The summed E-state index contributed by atoms with van der Waals surface area (Å²) in [5.74, 6) is 2.02. The highest BCUT2D eigenvalue weighted by Gasteiger charge is 2.12. The van der Waals surface area contributed by atoms with Gasteiger partial charge in [0.05, 0.1) is 24.3 Å². The Hall–Kier alpha value is -0.870. The Bertz CT molecular complexity index is 403. The predicted molar refractivity (Wildman–Crippen MR) is 76.9 cm³/mol. The average molecular weight is 287 g/mol. The van der Waals surface area contributed by atoms with E-state index in [1.807, 2.05) is 34.6 Å². The van der Waals surface area contributed by atoms with Crippen molar-refractivity contribution in [1.82, 2.24) is 9.97 Å². The van der Waals surface area contributed by atoms with Crippen LogP contribution in [-0.2, 0) is 10.6 Å². The Kier molecular flexibility index (Phi) is 6.01. The maximum atomic E-state index is 5.89. The van der Waals surface area contributed by atoms with Crippen LogP contribution >= 0.6 is 11.6 Å². The van der Waals surface area contributed by atoms with Gasteiger partial charge in [0, 0.05) is 5.92 Å². The summed E-state index contributed by atoms with van der Waals surface area (Å²) in [5.41, 5.74) is 0.576. The third-order valence-electron chi connectivity index (χ3n) is 2.37. The number of hydrogen-bond acceptors (Lipinski definition) is 4. The van der Waals surface area contributed by atoms with Crippen LogP contribution in [0.3, 0.4) is 0 Å². The van der Waals surface area contributed by atoms with Crippen molar-refractivity contribution in [1.29, 1.82) is 0 Å². The van der Waals surface area contributed by atoms with Gasteiger partial charge < -0.3 is 9.47 Å². The standard InChI is InChI=1S/C14H23ClN2O2/c1-10(2)13-16-9-12(11(8-15)17-13)18-6-7-19-14(3,4)5/h9-10H,6-8H2,1-5H3. The van der Waals surface area contributed by atoms with Gasteiger partial charge in [-0.1, -0.05) is 13.8 Å². The molecule has 108 valence electrons. The van der Waals surface area contributed by atoms with Crippen LogP contribution in [0.4, 0.5) is 0 Å². The van der Waals surface area contributed by atoms with E-state index in [0.717, 1.165) is 11.5 Å². The summed E-state index contributed by atoms with van der Waals surface area (Å²) >= 11 is 5.89. The molecule has 0 fully saturated rings. The fourth-order valence-corrected chi connectivity index (χ4v) is 1.61. The number of halogens is 1. The first kappa shape index (κ1) is 16.2. The maximum Gasteiger partial charge on any atom is 0.160 e. The predicted octanol–water partition coefficient (Wildman–Crippen LogP) is 3.53. The quantitative estimate of drug-likeness (QED) is 0.593. The molecular formula is C14H23ClN2O2. The molecule has 1 rings (SSSR count). The largest absolute Gasteiger partial charge is 0.488 e. The summed E-state index contributed by atoms with van der Waals surface area (Å²) in [7, 11) is 0. The summed E-state index contributed by atoms with van der Waals surface area (Å²) in [6.45, 7) is 11.1. The van der Waals surface area contributed by atoms with Crippen molar-refractivity contribution in [2.75, 3.05) is 13.2 Å². The van der Waals surface area contributed by atoms with Crippen molar-refractivity contribution < 1.29 is 9.47 Å². The molecule has 0 aliphatic carbocycles. The molecule has 0 N–H and O–H groups in total. The number of hydrogen-bond donors (Lipinski definition) is 0. The van der Waals surface area contributed by atoms with Crippen LogP contribution in [0.15, 0.2) is 6.20 Å².